The molecule has 0 aliphatic carbocycles. The van der Waals surface area contributed by atoms with E-state index < -0.39 is 21.9 Å². The molecule has 12 heteroatoms. The molecule has 2 aromatic rings. The second-order valence-corrected chi connectivity index (χ2v) is 10.7. The summed E-state index contributed by atoms with van der Waals surface area (Å²) in [5, 5.41) is 11.2. The van der Waals surface area contributed by atoms with E-state index in [1.54, 1.807) is 11.5 Å². The van der Waals surface area contributed by atoms with E-state index >= 15 is 0 Å². The number of hydrogen-bond acceptors (Lipinski definition) is 8. The normalized spacial score (nSPS) is 14.5. The van der Waals surface area contributed by atoms with Gasteiger partial charge in [-0.1, -0.05) is 36.4 Å². The van der Waals surface area contributed by atoms with Crippen LogP contribution in [0.4, 0.5) is 0 Å². The Hall–Kier alpha value is -2.96. The van der Waals surface area contributed by atoms with Gasteiger partial charge >= 0.3 is 5.97 Å². The molecule has 0 saturated heterocycles. The van der Waals surface area contributed by atoms with E-state index in [0.29, 0.717) is 29.3 Å². The Morgan fingerprint density at radius 2 is 1.94 bits per heavy atom. The maximum atomic E-state index is 11.9. The number of allylic oxidation sites excluding steroid dienone is 2. The van der Waals surface area contributed by atoms with Crippen LogP contribution in [0, 0.1) is 0 Å². The highest BCUT2D eigenvalue weighted by atomic mass is 32.2. The molecule has 1 aliphatic rings. The molecule has 1 aromatic carbocycles. The van der Waals surface area contributed by atoms with Crippen molar-refractivity contribution < 1.29 is 27.9 Å². The first-order valence-corrected chi connectivity index (χ1v) is 13.5. The van der Waals surface area contributed by atoms with Crippen LogP contribution < -0.4 is 4.72 Å². The zero-order valence-corrected chi connectivity index (χ0v) is 20.2. The van der Waals surface area contributed by atoms with E-state index in [0.717, 1.165) is 28.7 Å². The molecule has 3 rings (SSSR count). The summed E-state index contributed by atoms with van der Waals surface area (Å²) < 4.78 is 24.3. The third kappa shape index (κ3) is 6.53. The zero-order valence-electron chi connectivity index (χ0n) is 17.8. The minimum Gasteiger partial charge on any atom is -0.477 e. The Morgan fingerprint density at radius 1 is 1.24 bits per heavy atom. The Balaban J connectivity index is 1.70. The SMILES string of the molecule is CC(=O)N1CSCC(/C=C/Cc2ccc(-c3csc(C(=O)NS(C)(=O)=O)n3)cc2)=C1C(=O)O. The topological polar surface area (TPSA) is 134 Å². The fourth-order valence-electron chi connectivity index (χ4n) is 3.05. The average molecular weight is 508 g/mol. The van der Waals surface area contributed by atoms with Crippen LogP contribution in [0.3, 0.4) is 0 Å². The number of carboxylic acid groups (broad SMARTS) is 1. The molecule has 2 amide bonds. The van der Waals surface area contributed by atoms with Gasteiger partial charge in [0.1, 0.15) is 5.70 Å². The highest BCUT2D eigenvalue weighted by Crippen LogP contribution is 2.26. The Bertz CT molecular complexity index is 1250. The maximum Gasteiger partial charge on any atom is 0.352 e. The first-order valence-electron chi connectivity index (χ1n) is 9.61. The summed E-state index contributed by atoms with van der Waals surface area (Å²) in [6.45, 7) is 1.35. The molecular weight excluding hydrogens is 486 g/mol. The Labute approximate surface area is 199 Å². The number of aliphatic carboxylic acids is 1. The van der Waals surface area contributed by atoms with Gasteiger partial charge < -0.3 is 5.11 Å². The fourth-order valence-corrected chi connectivity index (χ4v) is 5.31. The number of carbonyl (C=O) groups excluding carboxylic acids is 2. The number of carbonyl (C=O) groups is 3. The lowest BCUT2D eigenvalue weighted by molar-refractivity contribution is -0.138. The molecule has 174 valence electrons. The van der Waals surface area contributed by atoms with Gasteiger partial charge in [0.25, 0.3) is 5.91 Å². The monoisotopic (exact) mass is 507 g/mol. The van der Waals surface area contributed by atoms with E-state index in [1.165, 1.54) is 23.6 Å². The van der Waals surface area contributed by atoms with Crippen LogP contribution in [-0.4, -0.2) is 59.1 Å². The quantitative estimate of drug-likeness (QED) is 0.584. The lowest BCUT2D eigenvalue weighted by atomic mass is 10.1. The number of benzene rings is 1. The number of thioether (sulfide) groups is 1. The molecule has 2 N–H and O–H groups in total. The van der Waals surface area contributed by atoms with Gasteiger partial charge in [-0.15, -0.1) is 23.1 Å². The smallest absolute Gasteiger partial charge is 0.352 e. The van der Waals surface area contributed by atoms with Crippen molar-refractivity contribution in [1.82, 2.24) is 14.6 Å². The second-order valence-electron chi connectivity index (χ2n) is 7.15. The molecule has 0 bridgehead atoms. The van der Waals surface area contributed by atoms with E-state index in [1.807, 2.05) is 35.1 Å². The van der Waals surface area contributed by atoms with Crippen LogP contribution in [0.25, 0.3) is 11.3 Å². The molecule has 0 spiro atoms. The third-order valence-corrected chi connectivity index (χ3v) is 6.89. The predicted molar refractivity (Wildman–Crippen MR) is 127 cm³/mol. The van der Waals surface area contributed by atoms with Gasteiger partial charge in [-0.2, -0.15) is 0 Å². The molecule has 9 nitrogen and oxygen atoms in total. The number of nitrogens with zero attached hydrogens (tertiary/aromatic N) is 2. The van der Waals surface area contributed by atoms with Crippen molar-refractivity contribution >= 4 is 50.9 Å². The van der Waals surface area contributed by atoms with Crippen molar-refractivity contribution in [1.29, 1.82) is 0 Å². The Kier molecular flexibility index (Phi) is 7.72. The summed E-state index contributed by atoms with van der Waals surface area (Å²) in [6.07, 6.45) is 5.05. The van der Waals surface area contributed by atoms with Gasteiger partial charge in [-0.25, -0.2) is 22.9 Å². The van der Waals surface area contributed by atoms with Crippen LogP contribution in [0.5, 0.6) is 0 Å². The second kappa shape index (κ2) is 10.3. The molecule has 0 fully saturated rings. The average Bonchev–Trinajstić information content (AvgIpc) is 3.23. The number of rotatable bonds is 7. The van der Waals surface area contributed by atoms with Crippen LogP contribution >= 0.6 is 23.1 Å². The van der Waals surface area contributed by atoms with E-state index in [2.05, 4.69) is 4.98 Å². The maximum absolute atomic E-state index is 11.9. The number of hydrogen-bond donors (Lipinski definition) is 2. The van der Waals surface area contributed by atoms with E-state index in [-0.39, 0.29) is 16.6 Å². The van der Waals surface area contributed by atoms with Crippen molar-refractivity contribution in [3.05, 3.63) is 63.6 Å². The lowest BCUT2D eigenvalue weighted by Gasteiger charge is -2.27. The molecule has 2 heterocycles. The van der Waals surface area contributed by atoms with Crippen molar-refractivity contribution in [3.8, 4) is 11.3 Å². The molecule has 1 aromatic heterocycles. The van der Waals surface area contributed by atoms with Gasteiger partial charge in [0.15, 0.2) is 5.01 Å². The highest BCUT2D eigenvalue weighted by molar-refractivity contribution is 7.99. The van der Waals surface area contributed by atoms with Crippen molar-refractivity contribution in [2.45, 2.75) is 13.3 Å². The highest BCUT2D eigenvalue weighted by Gasteiger charge is 2.27. The largest absolute Gasteiger partial charge is 0.477 e. The molecular formula is C21H21N3O6S3. The van der Waals surface area contributed by atoms with Crippen LogP contribution in [-0.2, 0) is 26.0 Å². The summed E-state index contributed by atoms with van der Waals surface area (Å²) in [7, 11) is -3.66. The van der Waals surface area contributed by atoms with Gasteiger partial charge in [0.2, 0.25) is 15.9 Å². The molecule has 1 aliphatic heterocycles. The lowest BCUT2D eigenvalue weighted by Crippen LogP contribution is -2.35. The number of thiazole rings is 1. The molecule has 33 heavy (non-hydrogen) atoms. The number of amides is 2. The number of sulfonamides is 1. The first-order chi connectivity index (χ1) is 15.5. The molecule has 0 radical (unpaired) electrons. The predicted octanol–water partition coefficient (Wildman–Crippen LogP) is 2.49. The van der Waals surface area contributed by atoms with Gasteiger partial charge in [0.05, 0.1) is 17.8 Å². The van der Waals surface area contributed by atoms with Crippen LogP contribution in [0.2, 0.25) is 0 Å². The summed E-state index contributed by atoms with van der Waals surface area (Å²) in [6, 6.07) is 7.46. The Morgan fingerprint density at radius 3 is 2.55 bits per heavy atom. The summed E-state index contributed by atoms with van der Waals surface area (Å²) in [5.74, 6) is -1.36. The number of aromatic nitrogens is 1. The van der Waals surface area contributed by atoms with Crippen LogP contribution in [0.1, 0.15) is 22.3 Å². The summed E-state index contributed by atoms with van der Waals surface area (Å²) in [5.41, 5.74) is 2.92. The van der Waals surface area contributed by atoms with Crippen molar-refractivity contribution in [2.75, 3.05) is 17.9 Å². The third-order valence-electron chi connectivity index (χ3n) is 4.53. The fraction of sp³-hybridized carbons (Fsp3) is 0.238. The zero-order chi connectivity index (χ0) is 24.2. The van der Waals surface area contributed by atoms with Crippen molar-refractivity contribution in [2.24, 2.45) is 0 Å². The summed E-state index contributed by atoms with van der Waals surface area (Å²) in [4.78, 5) is 40.8. The number of carboxylic acids is 1. The van der Waals surface area contributed by atoms with Gasteiger partial charge in [-0.05, 0) is 17.6 Å². The standard InChI is InChI=1S/C21H21N3O6S3/c1-13(25)24-12-31-10-16(18(24)21(27)28)5-3-4-14-6-8-15(9-7-14)17-11-32-20(22-17)19(26)23-33(2,29)30/h3,5-9,11H,4,10,12H2,1-2H3,(H,23,26)(H,27,28)/b5-3+. The van der Waals surface area contributed by atoms with Crippen molar-refractivity contribution in [3.63, 3.8) is 0 Å². The minimum atomic E-state index is -3.66. The van der Waals surface area contributed by atoms with E-state index in [4.69, 9.17) is 0 Å². The van der Waals surface area contributed by atoms with E-state index in [9.17, 15) is 27.9 Å². The van der Waals surface area contributed by atoms with Crippen LogP contribution in [0.15, 0.2) is 53.1 Å². The first kappa shape index (κ1) is 24.7. The molecule has 0 saturated carbocycles. The minimum absolute atomic E-state index is 0.0205. The van der Waals surface area contributed by atoms with Gasteiger partial charge in [0, 0.05) is 23.6 Å². The molecule has 0 atom stereocenters. The van der Waals surface area contributed by atoms with Gasteiger partial charge in [-0.3, -0.25) is 14.5 Å². The summed E-state index contributed by atoms with van der Waals surface area (Å²) >= 11 is 2.53. The molecule has 0 unspecified atom stereocenters. The number of nitrogens with one attached hydrogen (secondary N) is 1.